The standard InChI is InChI=1S/C10H20N2/c1-3-12(9(2)11)8-10-6-4-5-7-10/h10-11H,3-8H2,1-2H3. The first-order valence-corrected chi connectivity index (χ1v) is 5.04. The topological polar surface area (TPSA) is 27.1 Å². The quantitative estimate of drug-likeness (QED) is 0.508. The molecule has 1 fully saturated rings. The van der Waals surface area contributed by atoms with Gasteiger partial charge in [0.25, 0.3) is 0 Å². The number of nitrogens with zero attached hydrogens (tertiary/aromatic N) is 1. The lowest BCUT2D eigenvalue weighted by atomic mass is 10.1. The van der Waals surface area contributed by atoms with E-state index < -0.39 is 0 Å². The van der Waals surface area contributed by atoms with Crippen LogP contribution in [0.5, 0.6) is 0 Å². The van der Waals surface area contributed by atoms with Crippen molar-refractivity contribution in [2.24, 2.45) is 5.92 Å². The van der Waals surface area contributed by atoms with Crippen molar-refractivity contribution in [2.75, 3.05) is 13.1 Å². The summed E-state index contributed by atoms with van der Waals surface area (Å²) in [6.45, 7) is 6.13. The van der Waals surface area contributed by atoms with Crippen LogP contribution in [0.1, 0.15) is 39.5 Å². The fraction of sp³-hybridized carbons (Fsp3) is 0.900. The van der Waals surface area contributed by atoms with Gasteiger partial charge in [-0.2, -0.15) is 0 Å². The molecule has 1 aliphatic rings. The van der Waals surface area contributed by atoms with Crippen molar-refractivity contribution in [1.29, 1.82) is 5.41 Å². The minimum Gasteiger partial charge on any atom is -0.361 e. The van der Waals surface area contributed by atoms with E-state index in [1.807, 2.05) is 6.92 Å². The van der Waals surface area contributed by atoms with Crippen LogP contribution < -0.4 is 0 Å². The van der Waals surface area contributed by atoms with Gasteiger partial charge in [0.05, 0.1) is 5.84 Å². The molecule has 0 spiro atoms. The van der Waals surface area contributed by atoms with Gasteiger partial charge in [0.1, 0.15) is 0 Å². The molecular weight excluding hydrogens is 148 g/mol. The molecular formula is C10H20N2. The van der Waals surface area contributed by atoms with Crippen molar-refractivity contribution in [2.45, 2.75) is 39.5 Å². The first kappa shape index (κ1) is 9.56. The number of hydrogen-bond donors (Lipinski definition) is 1. The van der Waals surface area contributed by atoms with E-state index in [0.717, 1.165) is 24.8 Å². The summed E-state index contributed by atoms with van der Waals surface area (Å²) in [7, 11) is 0. The van der Waals surface area contributed by atoms with E-state index >= 15 is 0 Å². The normalized spacial score (nSPS) is 18.2. The zero-order valence-electron chi connectivity index (χ0n) is 8.27. The van der Waals surface area contributed by atoms with Gasteiger partial charge in [-0.1, -0.05) is 12.8 Å². The second kappa shape index (κ2) is 4.48. The lowest BCUT2D eigenvalue weighted by molar-refractivity contribution is 0.350. The third kappa shape index (κ3) is 2.50. The van der Waals surface area contributed by atoms with Crippen LogP contribution in [-0.4, -0.2) is 23.8 Å². The Morgan fingerprint density at radius 3 is 2.42 bits per heavy atom. The summed E-state index contributed by atoms with van der Waals surface area (Å²) in [5, 5.41) is 7.54. The molecule has 2 heteroatoms. The molecule has 0 bridgehead atoms. The smallest absolute Gasteiger partial charge is 0.0925 e. The van der Waals surface area contributed by atoms with Gasteiger partial charge >= 0.3 is 0 Å². The average molecular weight is 168 g/mol. The highest BCUT2D eigenvalue weighted by Gasteiger charge is 2.17. The Morgan fingerprint density at radius 1 is 1.42 bits per heavy atom. The fourth-order valence-electron chi connectivity index (χ4n) is 2.01. The molecule has 0 aromatic heterocycles. The summed E-state index contributed by atoms with van der Waals surface area (Å²) in [4.78, 5) is 2.18. The molecule has 1 aliphatic carbocycles. The largest absolute Gasteiger partial charge is 0.361 e. The molecule has 0 heterocycles. The second-order valence-corrected chi connectivity index (χ2v) is 3.77. The van der Waals surface area contributed by atoms with Crippen molar-refractivity contribution in [3.8, 4) is 0 Å². The summed E-state index contributed by atoms with van der Waals surface area (Å²) in [6, 6.07) is 0. The van der Waals surface area contributed by atoms with E-state index in [4.69, 9.17) is 5.41 Å². The van der Waals surface area contributed by atoms with Crippen LogP contribution in [0.25, 0.3) is 0 Å². The van der Waals surface area contributed by atoms with E-state index in [2.05, 4.69) is 11.8 Å². The first-order chi connectivity index (χ1) is 5.74. The summed E-state index contributed by atoms with van der Waals surface area (Å²) in [6.07, 6.45) is 5.56. The minimum atomic E-state index is 0.726. The van der Waals surface area contributed by atoms with Gasteiger partial charge in [-0.25, -0.2) is 0 Å². The third-order valence-corrected chi connectivity index (χ3v) is 2.81. The number of hydrogen-bond acceptors (Lipinski definition) is 1. The molecule has 0 radical (unpaired) electrons. The van der Waals surface area contributed by atoms with Crippen LogP contribution in [0, 0.1) is 11.3 Å². The Balaban J connectivity index is 2.30. The molecule has 0 saturated heterocycles. The Hall–Kier alpha value is -0.530. The molecule has 0 aromatic carbocycles. The summed E-state index contributed by atoms with van der Waals surface area (Å²) in [5.41, 5.74) is 0. The summed E-state index contributed by atoms with van der Waals surface area (Å²) >= 11 is 0. The van der Waals surface area contributed by atoms with Gasteiger partial charge in [0.2, 0.25) is 0 Å². The molecule has 0 unspecified atom stereocenters. The molecule has 1 N–H and O–H groups in total. The molecule has 1 saturated carbocycles. The number of rotatable bonds is 3. The van der Waals surface area contributed by atoms with E-state index in [-0.39, 0.29) is 0 Å². The summed E-state index contributed by atoms with van der Waals surface area (Å²) in [5.74, 6) is 1.59. The van der Waals surface area contributed by atoms with Crippen molar-refractivity contribution >= 4 is 5.84 Å². The lowest BCUT2D eigenvalue weighted by Gasteiger charge is -2.24. The Morgan fingerprint density at radius 2 is 2.00 bits per heavy atom. The molecule has 0 aromatic rings. The van der Waals surface area contributed by atoms with Crippen LogP contribution in [0.4, 0.5) is 0 Å². The average Bonchev–Trinajstić information content (AvgIpc) is 2.51. The molecule has 0 atom stereocenters. The highest BCUT2D eigenvalue weighted by Crippen LogP contribution is 2.25. The Labute approximate surface area is 75.5 Å². The van der Waals surface area contributed by atoms with E-state index in [0.29, 0.717) is 0 Å². The van der Waals surface area contributed by atoms with Gasteiger partial charge in [-0.15, -0.1) is 0 Å². The molecule has 12 heavy (non-hydrogen) atoms. The van der Waals surface area contributed by atoms with Crippen molar-refractivity contribution in [3.05, 3.63) is 0 Å². The van der Waals surface area contributed by atoms with Gasteiger partial charge < -0.3 is 4.90 Å². The van der Waals surface area contributed by atoms with Gasteiger partial charge in [0.15, 0.2) is 0 Å². The molecule has 0 aliphatic heterocycles. The molecule has 2 nitrogen and oxygen atoms in total. The van der Waals surface area contributed by atoms with Crippen molar-refractivity contribution < 1.29 is 0 Å². The zero-order valence-corrected chi connectivity index (χ0v) is 8.27. The van der Waals surface area contributed by atoms with E-state index in [9.17, 15) is 0 Å². The van der Waals surface area contributed by atoms with Crippen LogP contribution in [-0.2, 0) is 0 Å². The lowest BCUT2D eigenvalue weighted by Crippen LogP contribution is -2.32. The highest BCUT2D eigenvalue weighted by atomic mass is 15.2. The maximum atomic E-state index is 7.54. The van der Waals surface area contributed by atoms with Gasteiger partial charge in [0, 0.05) is 13.1 Å². The van der Waals surface area contributed by atoms with Crippen LogP contribution in [0.3, 0.4) is 0 Å². The minimum absolute atomic E-state index is 0.726. The highest BCUT2D eigenvalue weighted by molar-refractivity contribution is 5.76. The van der Waals surface area contributed by atoms with E-state index in [1.165, 1.54) is 25.7 Å². The monoisotopic (exact) mass is 168 g/mol. The fourth-order valence-corrected chi connectivity index (χ4v) is 2.01. The number of nitrogens with one attached hydrogen (secondary N) is 1. The van der Waals surface area contributed by atoms with Gasteiger partial charge in [-0.05, 0) is 32.6 Å². The summed E-state index contributed by atoms with van der Waals surface area (Å²) < 4.78 is 0. The van der Waals surface area contributed by atoms with Gasteiger partial charge in [-0.3, -0.25) is 5.41 Å². The van der Waals surface area contributed by atoms with Crippen molar-refractivity contribution in [3.63, 3.8) is 0 Å². The SMILES string of the molecule is CCN(CC1CCCC1)C(C)=N. The molecule has 1 rings (SSSR count). The first-order valence-electron chi connectivity index (χ1n) is 5.04. The molecule has 0 amide bonds. The zero-order chi connectivity index (χ0) is 8.97. The Kier molecular flexibility index (Phi) is 3.57. The second-order valence-electron chi connectivity index (χ2n) is 3.77. The van der Waals surface area contributed by atoms with Crippen molar-refractivity contribution in [1.82, 2.24) is 4.90 Å². The number of amidine groups is 1. The third-order valence-electron chi connectivity index (χ3n) is 2.81. The maximum absolute atomic E-state index is 7.54. The van der Waals surface area contributed by atoms with Crippen LogP contribution in [0.15, 0.2) is 0 Å². The predicted molar refractivity (Wildman–Crippen MR) is 52.6 cm³/mol. The van der Waals surface area contributed by atoms with Crippen LogP contribution >= 0.6 is 0 Å². The Bertz CT molecular complexity index is 148. The maximum Gasteiger partial charge on any atom is 0.0925 e. The molecule has 70 valence electrons. The predicted octanol–water partition coefficient (Wildman–Crippen LogP) is 2.50. The van der Waals surface area contributed by atoms with Crippen LogP contribution in [0.2, 0.25) is 0 Å². The van der Waals surface area contributed by atoms with E-state index in [1.54, 1.807) is 0 Å².